The summed E-state index contributed by atoms with van der Waals surface area (Å²) >= 11 is 0. The highest BCUT2D eigenvalue weighted by atomic mass is 14.9. The number of fused-ring (bicyclic) bond motifs is 1. The lowest BCUT2D eigenvalue weighted by Gasteiger charge is -2.17. The standard InChI is InChI=1S/C17H16N2/c1-12-5-4-8-15(11-18)17(12)19-16-9-13-6-2-3-7-14(13)10-16/h2-8,16,19H,9-10H2,1H3. The molecule has 2 heteroatoms. The van der Waals surface area contributed by atoms with Crippen LogP contribution < -0.4 is 5.32 Å². The molecule has 1 aliphatic rings. The van der Waals surface area contributed by atoms with Gasteiger partial charge in [-0.05, 0) is 42.5 Å². The van der Waals surface area contributed by atoms with Crippen LogP contribution in [0.3, 0.4) is 0 Å². The van der Waals surface area contributed by atoms with Gasteiger partial charge in [-0.1, -0.05) is 36.4 Å². The van der Waals surface area contributed by atoms with E-state index in [0.717, 1.165) is 29.7 Å². The molecule has 0 radical (unpaired) electrons. The van der Waals surface area contributed by atoms with Gasteiger partial charge < -0.3 is 5.32 Å². The Labute approximate surface area is 113 Å². The topological polar surface area (TPSA) is 35.8 Å². The van der Waals surface area contributed by atoms with Crippen molar-refractivity contribution in [2.24, 2.45) is 0 Å². The quantitative estimate of drug-likeness (QED) is 0.883. The van der Waals surface area contributed by atoms with Crippen molar-refractivity contribution in [3.63, 3.8) is 0 Å². The summed E-state index contributed by atoms with van der Waals surface area (Å²) in [7, 11) is 0. The highest BCUT2D eigenvalue weighted by molar-refractivity contribution is 5.63. The van der Waals surface area contributed by atoms with E-state index in [-0.39, 0.29) is 0 Å². The first-order chi connectivity index (χ1) is 9.28. The van der Waals surface area contributed by atoms with Crippen molar-refractivity contribution < 1.29 is 0 Å². The number of nitrogens with one attached hydrogen (secondary N) is 1. The Morgan fingerprint density at radius 3 is 2.37 bits per heavy atom. The van der Waals surface area contributed by atoms with Crippen molar-refractivity contribution >= 4 is 5.69 Å². The minimum Gasteiger partial charge on any atom is -0.380 e. The molecule has 2 aromatic rings. The van der Waals surface area contributed by atoms with Crippen LogP contribution in [-0.4, -0.2) is 6.04 Å². The number of benzene rings is 2. The molecule has 2 nitrogen and oxygen atoms in total. The third kappa shape index (κ3) is 2.20. The zero-order valence-electron chi connectivity index (χ0n) is 11.0. The molecule has 1 aliphatic carbocycles. The lowest BCUT2D eigenvalue weighted by atomic mass is 10.1. The number of aryl methyl sites for hydroxylation is 1. The van der Waals surface area contributed by atoms with Crippen LogP contribution in [-0.2, 0) is 12.8 Å². The Balaban J connectivity index is 1.84. The van der Waals surface area contributed by atoms with Gasteiger partial charge in [-0.2, -0.15) is 5.26 Å². The first-order valence-electron chi connectivity index (χ1n) is 6.61. The van der Waals surface area contributed by atoms with Crippen molar-refractivity contribution in [1.29, 1.82) is 5.26 Å². The van der Waals surface area contributed by atoms with Gasteiger partial charge in [0, 0.05) is 6.04 Å². The lowest BCUT2D eigenvalue weighted by Crippen LogP contribution is -2.20. The summed E-state index contributed by atoms with van der Waals surface area (Å²) in [4.78, 5) is 0. The average molecular weight is 248 g/mol. The first-order valence-corrected chi connectivity index (χ1v) is 6.61. The van der Waals surface area contributed by atoms with Gasteiger partial charge in [-0.15, -0.1) is 0 Å². The van der Waals surface area contributed by atoms with Gasteiger partial charge in [0.25, 0.3) is 0 Å². The number of nitriles is 1. The van der Waals surface area contributed by atoms with E-state index in [1.165, 1.54) is 11.1 Å². The number of para-hydroxylation sites is 1. The molecule has 0 unspecified atom stereocenters. The van der Waals surface area contributed by atoms with E-state index in [1.54, 1.807) is 0 Å². The van der Waals surface area contributed by atoms with Crippen LogP contribution in [0.15, 0.2) is 42.5 Å². The average Bonchev–Trinajstić information content (AvgIpc) is 2.83. The Kier molecular flexibility index (Phi) is 2.97. The molecule has 2 aromatic carbocycles. The fourth-order valence-corrected chi connectivity index (χ4v) is 2.82. The summed E-state index contributed by atoms with van der Waals surface area (Å²) < 4.78 is 0. The van der Waals surface area contributed by atoms with E-state index < -0.39 is 0 Å². The van der Waals surface area contributed by atoms with E-state index in [9.17, 15) is 5.26 Å². The van der Waals surface area contributed by atoms with Crippen LogP contribution in [0.5, 0.6) is 0 Å². The van der Waals surface area contributed by atoms with Gasteiger partial charge in [0.15, 0.2) is 0 Å². The number of nitrogens with zero attached hydrogens (tertiary/aromatic N) is 1. The Morgan fingerprint density at radius 1 is 1.05 bits per heavy atom. The van der Waals surface area contributed by atoms with Crippen molar-refractivity contribution in [2.75, 3.05) is 5.32 Å². The van der Waals surface area contributed by atoms with Crippen LogP contribution in [0.25, 0.3) is 0 Å². The Bertz CT molecular complexity index is 628. The SMILES string of the molecule is Cc1cccc(C#N)c1NC1Cc2ccccc2C1. The summed E-state index contributed by atoms with van der Waals surface area (Å²) in [5.74, 6) is 0. The molecule has 0 heterocycles. The maximum atomic E-state index is 9.20. The van der Waals surface area contributed by atoms with E-state index in [0.29, 0.717) is 6.04 Å². The molecule has 94 valence electrons. The first kappa shape index (κ1) is 11.8. The molecule has 0 fully saturated rings. The number of hydrogen-bond acceptors (Lipinski definition) is 2. The molecule has 19 heavy (non-hydrogen) atoms. The molecule has 0 aromatic heterocycles. The molecule has 0 atom stereocenters. The summed E-state index contributed by atoms with van der Waals surface area (Å²) in [6, 6.07) is 17.1. The molecule has 1 N–H and O–H groups in total. The smallest absolute Gasteiger partial charge is 0.101 e. The van der Waals surface area contributed by atoms with Crippen LogP contribution in [0.2, 0.25) is 0 Å². The van der Waals surface area contributed by atoms with E-state index in [1.807, 2.05) is 25.1 Å². The van der Waals surface area contributed by atoms with Crippen LogP contribution >= 0.6 is 0 Å². The van der Waals surface area contributed by atoms with Gasteiger partial charge in [0.2, 0.25) is 0 Å². The van der Waals surface area contributed by atoms with Gasteiger partial charge >= 0.3 is 0 Å². The van der Waals surface area contributed by atoms with E-state index in [4.69, 9.17) is 0 Å². The molecule has 0 amide bonds. The number of rotatable bonds is 2. The van der Waals surface area contributed by atoms with Crippen molar-refractivity contribution in [2.45, 2.75) is 25.8 Å². The second-order valence-corrected chi connectivity index (χ2v) is 5.13. The fraction of sp³-hybridized carbons (Fsp3) is 0.235. The Morgan fingerprint density at radius 2 is 1.74 bits per heavy atom. The van der Waals surface area contributed by atoms with Crippen molar-refractivity contribution in [1.82, 2.24) is 0 Å². The maximum Gasteiger partial charge on any atom is 0.101 e. The highest BCUT2D eigenvalue weighted by Crippen LogP contribution is 2.27. The summed E-state index contributed by atoms with van der Waals surface area (Å²) in [6.45, 7) is 2.05. The van der Waals surface area contributed by atoms with Crippen LogP contribution in [0.4, 0.5) is 5.69 Å². The van der Waals surface area contributed by atoms with Gasteiger partial charge in [0.05, 0.1) is 11.3 Å². The fourth-order valence-electron chi connectivity index (χ4n) is 2.82. The number of anilines is 1. The van der Waals surface area contributed by atoms with Gasteiger partial charge in [-0.3, -0.25) is 0 Å². The summed E-state index contributed by atoms with van der Waals surface area (Å²) in [5, 5.41) is 12.8. The van der Waals surface area contributed by atoms with Gasteiger partial charge in [-0.25, -0.2) is 0 Å². The Hall–Kier alpha value is -2.27. The zero-order chi connectivity index (χ0) is 13.2. The second kappa shape index (κ2) is 4.78. The maximum absolute atomic E-state index is 9.20. The van der Waals surface area contributed by atoms with Crippen LogP contribution in [0.1, 0.15) is 22.3 Å². The highest BCUT2D eigenvalue weighted by Gasteiger charge is 2.21. The van der Waals surface area contributed by atoms with Crippen LogP contribution in [0, 0.1) is 18.3 Å². The molecular formula is C17H16N2. The molecule has 0 aliphatic heterocycles. The lowest BCUT2D eigenvalue weighted by molar-refractivity contribution is 0.773. The molecule has 0 bridgehead atoms. The largest absolute Gasteiger partial charge is 0.380 e. The van der Waals surface area contributed by atoms with Gasteiger partial charge in [0.1, 0.15) is 6.07 Å². The third-order valence-corrected chi connectivity index (χ3v) is 3.79. The van der Waals surface area contributed by atoms with Crippen molar-refractivity contribution in [3.8, 4) is 6.07 Å². The second-order valence-electron chi connectivity index (χ2n) is 5.13. The molecule has 0 saturated carbocycles. The molecule has 3 rings (SSSR count). The number of hydrogen-bond donors (Lipinski definition) is 1. The van der Waals surface area contributed by atoms with E-state index >= 15 is 0 Å². The molecule has 0 spiro atoms. The molecular weight excluding hydrogens is 232 g/mol. The molecule has 0 saturated heterocycles. The van der Waals surface area contributed by atoms with Crippen molar-refractivity contribution in [3.05, 3.63) is 64.7 Å². The minimum absolute atomic E-state index is 0.394. The predicted molar refractivity (Wildman–Crippen MR) is 77.2 cm³/mol. The predicted octanol–water partition coefficient (Wildman–Crippen LogP) is 3.45. The summed E-state index contributed by atoms with van der Waals surface area (Å²) in [6.07, 6.45) is 2.07. The third-order valence-electron chi connectivity index (χ3n) is 3.79. The van der Waals surface area contributed by atoms with E-state index in [2.05, 4.69) is 35.7 Å². The normalized spacial score (nSPS) is 13.9. The monoisotopic (exact) mass is 248 g/mol. The minimum atomic E-state index is 0.394. The zero-order valence-corrected chi connectivity index (χ0v) is 11.0. The summed E-state index contributed by atoms with van der Waals surface area (Å²) in [5.41, 5.74) is 5.70.